The number of carbonyl (C=O) groups is 3. The van der Waals surface area contributed by atoms with Gasteiger partial charge in [0.15, 0.2) is 0 Å². The van der Waals surface area contributed by atoms with E-state index in [1.165, 1.54) is 19.4 Å². The van der Waals surface area contributed by atoms with Gasteiger partial charge in [-0.2, -0.15) is 48.5 Å². The number of aromatic nitrogens is 3. The van der Waals surface area contributed by atoms with Crippen molar-refractivity contribution in [2.45, 2.75) is 52.4 Å². The van der Waals surface area contributed by atoms with Gasteiger partial charge >= 0.3 is 109 Å². The molecule has 2 amide bonds. The number of esters is 1. The van der Waals surface area contributed by atoms with Crippen LogP contribution < -0.4 is 113 Å². The molecule has 16 heteroatoms. The minimum Gasteiger partial charge on any atom is -0.470 e. The summed E-state index contributed by atoms with van der Waals surface area (Å²) < 4.78 is 14.4. The molecule has 0 aliphatic heterocycles. The maximum atomic E-state index is 11.9. The molecule has 0 radical (unpaired) electrons. The minimum atomic E-state index is -0.573. The molecular weight excluding hydrogens is 783 g/mol. The van der Waals surface area contributed by atoms with Crippen LogP contribution in [0.4, 0.5) is 17.1 Å². The molecule has 0 saturated heterocycles. The van der Waals surface area contributed by atoms with Crippen LogP contribution in [-0.2, 0) is 15.6 Å². The molecule has 0 aliphatic carbocycles. The smallest absolute Gasteiger partial charge is 0.470 e. The number of hydrogen-bond donors (Lipinski definition) is 2. The Kier molecular flexibility index (Phi) is 23.1. The number of nitrogens with one attached hydrogen (secondary N) is 2. The fourth-order valence-corrected chi connectivity index (χ4v) is 3.95. The van der Waals surface area contributed by atoms with Crippen molar-refractivity contribution in [3.05, 3.63) is 166 Å². The minimum absolute atomic E-state index is 0. The number of anilines is 2. The Balaban J connectivity index is 0.000000396. The third-order valence-electron chi connectivity index (χ3n) is 6.97. The number of carbonyl (C=O) groups excluding carboxylic acids is 3. The van der Waals surface area contributed by atoms with Gasteiger partial charge in [-0.25, -0.2) is 15.1 Å². The van der Waals surface area contributed by atoms with Crippen molar-refractivity contribution in [3.8, 4) is 0 Å². The molecule has 2 N–H and O–H groups in total. The molecule has 6 rings (SSSR count). The Morgan fingerprint density at radius 2 is 1.14 bits per heavy atom. The summed E-state index contributed by atoms with van der Waals surface area (Å²) in [5.41, 5.74) is 2.11. The van der Waals surface area contributed by atoms with Gasteiger partial charge in [-0.15, -0.1) is 36.7 Å². The molecule has 57 heavy (non-hydrogen) atoms. The molecule has 0 spiro atoms. The van der Waals surface area contributed by atoms with E-state index in [0.717, 1.165) is 17.6 Å². The number of nitrogens with zero attached hydrogens (tertiary/aromatic N) is 4. The van der Waals surface area contributed by atoms with Crippen LogP contribution in [0.25, 0.3) is 0 Å². The van der Waals surface area contributed by atoms with Gasteiger partial charge < -0.3 is 24.4 Å². The van der Waals surface area contributed by atoms with Crippen LogP contribution >= 0.6 is 0 Å². The van der Waals surface area contributed by atoms with Gasteiger partial charge in [0.1, 0.15) is 5.69 Å². The molecule has 3 heterocycles. The Labute approximate surface area is 416 Å². The zero-order chi connectivity index (χ0) is 40.4. The fraction of sp³-hybridized carbons (Fsp3) is 0.220. The molecule has 3 aromatic heterocycles. The summed E-state index contributed by atoms with van der Waals surface area (Å²) in [6.45, 7) is 12.4. The zero-order valence-electron chi connectivity index (χ0n) is 33.4. The largest absolute Gasteiger partial charge is 1.00 e. The number of ether oxygens (including phenoxy) is 1. The normalized spacial score (nSPS) is 10.1. The molecule has 0 bridgehead atoms. The van der Waals surface area contributed by atoms with Crippen molar-refractivity contribution in [3.63, 3.8) is 0 Å². The van der Waals surface area contributed by atoms with Gasteiger partial charge in [0, 0.05) is 23.9 Å². The summed E-state index contributed by atoms with van der Waals surface area (Å²) in [5.74, 6) is 0.600. The van der Waals surface area contributed by atoms with E-state index in [0.29, 0.717) is 22.5 Å². The van der Waals surface area contributed by atoms with E-state index >= 15 is 0 Å². The van der Waals surface area contributed by atoms with Gasteiger partial charge in [-0.05, 0) is 46.6 Å². The molecule has 14 nitrogen and oxygen atoms in total. The van der Waals surface area contributed by atoms with E-state index in [4.69, 9.17) is 9.05 Å². The predicted molar refractivity (Wildman–Crippen MR) is 203 cm³/mol. The summed E-state index contributed by atoms with van der Waals surface area (Å²) >= 11 is 0. The number of amides is 2. The SMILES string of the molecule is CC(C)(C)c1c[c-]no1.CC(C)(C)c1c[c-]no1.COC(=O)c1ccc(C(=O)Nc2cc[c-]cc2)cc1.O=C(Nc1cc[c-]cc1)c1cc([N+](=O)[O-])ccn1.[K+].[K+]. The van der Waals surface area contributed by atoms with Crippen molar-refractivity contribution < 1.29 is 136 Å². The molecule has 0 saturated carbocycles. The summed E-state index contributed by atoms with van der Waals surface area (Å²) in [4.78, 5) is 48.8. The summed E-state index contributed by atoms with van der Waals surface area (Å²) in [5, 5.41) is 22.9. The van der Waals surface area contributed by atoms with Crippen LogP contribution in [0.2, 0.25) is 0 Å². The van der Waals surface area contributed by atoms with Crippen LogP contribution in [0.5, 0.6) is 0 Å². The monoisotopic (exact) mass is 822 g/mol. The molecule has 3 aromatic carbocycles. The van der Waals surface area contributed by atoms with Gasteiger partial charge in [-0.3, -0.25) is 24.7 Å². The third-order valence-corrected chi connectivity index (χ3v) is 6.97. The number of rotatable bonds is 6. The Hall–Kier alpha value is -3.69. The third kappa shape index (κ3) is 18.6. The standard InChI is InChI=1S/C15H12NO3.C12H8N3O3.2C7H10NO.2K/c1-19-15(18)12-9-7-11(8-10-12)14(17)16-13-5-3-2-4-6-13;16-12(14-9-4-2-1-3-5-9)11-8-10(15(17)18)6-7-13-11;2*1-7(2,3)6-4-5-8-9-6;;/h3-10H,1H3,(H,16,17);2-8H,(H,14,16);2*4H,1-3H3;;/q4*-1;2*+1. The fourth-order valence-electron chi connectivity index (χ4n) is 3.95. The van der Waals surface area contributed by atoms with Gasteiger partial charge in [-0.1, -0.05) is 52.9 Å². The average molecular weight is 823 g/mol. The Morgan fingerprint density at radius 3 is 1.51 bits per heavy atom. The van der Waals surface area contributed by atoms with Crippen molar-refractivity contribution >= 4 is 34.8 Å². The maximum Gasteiger partial charge on any atom is 1.00 e. The van der Waals surface area contributed by atoms with Gasteiger partial charge in [0.05, 0.1) is 17.6 Å². The molecule has 0 aliphatic rings. The molecule has 0 atom stereocenters. The second-order valence-corrected chi connectivity index (χ2v) is 13.4. The first-order valence-corrected chi connectivity index (χ1v) is 16.6. The van der Waals surface area contributed by atoms with E-state index in [-0.39, 0.29) is 131 Å². The van der Waals surface area contributed by atoms with Crippen LogP contribution in [0.3, 0.4) is 0 Å². The van der Waals surface area contributed by atoms with E-state index in [9.17, 15) is 24.5 Å². The molecular formula is C41H40K2N6O8-2. The molecule has 0 fully saturated rings. The molecule has 286 valence electrons. The first-order valence-electron chi connectivity index (χ1n) is 16.6. The van der Waals surface area contributed by atoms with Crippen LogP contribution in [0, 0.1) is 34.6 Å². The summed E-state index contributed by atoms with van der Waals surface area (Å²) in [6, 6.07) is 31.4. The number of pyridine rings is 1. The van der Waals surface area contributed by atoms with E-state index in [2.05, 4.69) is 96.7 Å². The first kappa shape index (κ1) is 51.3. The van der Waals surface area contributed by atoms with Gasteiger partial charge in [0.25, 0.3) is 17.5 Å². The average Bonchev–Trinajstić information content (AvgIpc) is 3.93. The number of nitro groups is 1. The first-order chi connectivity index (χ1) is 26.1. The number of methoxy groups -OCH3 is 1. The molecule has 6 aromatic rings. The predicted octanol–water partition coefficient (Wildman–Crippen LogP) is 2.12. The number of benzene rings is 3. The van der Waals surface area contributed by atoms with Crippen molar-refractivity contribution in [1.82, 2.24) is 15.3 Å². The van der Waals surface area contributed by atoms with Crippen molar-refractivity contribution in [2.24, 2.45) is 0 Å². The van der Waals surface area contributed by atoms with Crippen molar-refractivity contribution in [1.29, 1.82) is 0 Å². The Morgan fingerprint density at radius 1 is 0.702 bits per heavy atom. The second-order valence-electron chi connectivity index (χ2n) is 13.4. The zero-order valence-corrected chi connectivity index (χ0v) is 39.6. The van der Waals surface area contributed by atoms with E-state index < -0.39 is 16.8 Å². The van der Waals surface area contributed by atoms with E-state index in [1.807, 2.05) is 0 Å². The second kappa shape index (κ2) is 25.6. The van der Waals surface area contributed by atoms with Gasteiger partial charge in [0.2, 0.25) is 0 Å². The van der Waals surface area contributed by atoms with Crippen LogP contribution in [0.15, 0.2) is 112 Å². The maximum absolute atomic E-state index is 11.9. The summed E-state index contributed by atoms with van der Waals surface area (Å²) in [6.07, 6.45) is 6.47. The quantitative estimate of drug-likeness (QED) is 0.0823. The molecule has 0 unspecified atom stereocenters. The topological polar surface area (TPSA) is 193 Å². The number of hydrogen-bond acceptors (Lipinski definition) is 11. The van der Waals surface area contributed by atoms with Crippen molar-refractivity contribution in [2.75, 3.05) is 17.7 Å². The Bertz CT molecular complexity index is 2040. The summed E-state index contributed by atoms with van der Waals surface area (Å²) in [7, 11) is 1.31. The van der Waals surface area contributed by atoms with E-state index in [1.54, 1.807) is 84.9 Å². The van der Waals surface area contributed by atoms with Crippen LogP contribution in [0.1, 0.15) is 84.3 Å². The van der Waals surface area contributed by atoms with Crippen LogP contribution in [-0.4, -0.2) is 45.1 Å².